The highest BCUT2D eigenvalue weighted by atomic mass is 16.2. The number of pyridine rings is 1. The smallest absolute Gasteiger partial charge is 0.308 e. The van der Waals surface area contributed by atoms with Crippen LogP contribution in [0.25, 0.3) is 16.9 Å². The van der Waals surface area contributed by atoms with E-state index in [0.717, 1.165) is 28.2 Å². The highest BCUT2D eigenvalue weighted by molar-refractivity contribution is 6.00. The number of carbonyl (C=O) groups excluding carboxylic acids is 1. The zero-order valence-corrected chi connectivity index (χ0v) is 14.3. The molecule has 2 heterocycles. The van der Waals surface area contributed by atoms with Gasteiger partial charge in [0.05, 0.1) is 5.69 Å². The molecule has 0 aliphatic heterocycles. The minimum Gasteiger partial charge on any atom is -0.308 e. The number of urea groups is 1. The third-order valence-corrected chi connectivity index (χ3v) is 4.09. The number of fused-ring (bicyclic) bond motifs is 1. The molecule has 0 aliphatic carbocycles. The van der Waals surface area contributed by atoms with Gasteiger partial charge >= 0.3 is 6.03 Å². The number of hydrogen-bond acceptors (Lipinski definition) is 2. The Morgan fingerprint density at radius 2 is 1.73 bits per heavy atom. The largest absolute Gasteiger partial charge is 0.323 e. The number of nitrogens with zero attached hydrogens (tertiary/aromatic N) is 2. The number of benzene rings is 2. The van der Waals surface area contributed by atoms with Crippen molar-refractivity contribution in [2.45, 2.75) is 6.92 Å². The Hall–Kier alpha value is -3.60. The van der Waals surface area contributed by atoms with Crippen molar-refractivity contribution in [3.8, 4) is 11.3 Å². The average molecular weight is 342 g/mol. The third-order valence-electron chi connectivity index (χ3n) is 4.09. The molecule has 4 rings (SSSR count). The molecular weight excluding hydrogens is 324 g/mol. The molecule has 2 aromatic heterocycles. The third kappa shape index (κ3) is 3.42. The lowest BCUT2D eigenvalue weighted by molar-refractivity contribution is 0.262. The number of imidazole rings is 1. The molecule has 5 nitrogen and oxygen atoms in total. The molecular formula is C21H18N4O. The Kier molecular flexibility index (Phi) is 4.11. The van der Waals surface area contributed by atoms with E-state index in [4.69, 9.17) is 0 Å². The van der Waals surface area contributed by atoms with Crippen molar-refractivity contribution in [3.05, 3.63) is 84.7 Å². The first kappa shape index (κ1) is 15.9. The molecule has 0 aliphatic rings. The SMILES string of the molecule is Cc1ccc(NC(=O)Nc2cccc(-c3cn4ccccc4n3)c2)cc1. The second-order valence-electron chi connectivity index (χ2n) is 6.12. The lowest BCUT2D eigenvalue weighted by atomic mass is 10.1. The molecule has 0 atom stereocenters. The van der Waals surface area contributed by atoms with E-state index in [1.807, 2.05) is 90.4 Å². The zero-order chi connectivity index (χ0) is 17.9. The van der Waals surface area contributed by atoms with Gasteiger partial charge in [0.15, 0.2) is 0 Å². The van der Waals surface area contributed by atoms with Gasteiger partial charge in [0.1, 0.15) is 5.65 Å². The fourth-order valence-corrected chi connectivity index (χ4v) is 2.76. The number of carbonyl (C=O) groups is 1. The molecule has 0 saturated carbocycles. The quantitative estimate of drug-likeness (QED) is 0.553. The molecule has 0 unspecified atom stereocenters. The summed E-state index contributed by atoms with van der Waals surface area (Å²) in [5.41, 5.74) is 5.31. The summed E-state index contributed by atoms with van der Waals surface area (Å²) < 4.78 is 1.97. The number of aryl methyl sites for hydroxylation is 1. The van der Waals surface area contributed by atoms with Gasteiger partial charge in [-0.3, -0.25) is 0 Å². The van der Waals surface area contributed by atoms with Gasteiger partial charge in [0.25, 0.3) is 0 Å². The minimum absolute atomic E-state index is 0.277. The Balaban J connectivity index is 1.51. The first-order valence-electron chi connectivity index (χ1n) is 8.36. The van der Waals surface area contributed by atoms with Gasteiger partial charge in [0.2, 0.25) is 0 Å². The van der Waals surface area contributed by atoms with Crippen LogP contribution in [-0.2, 0) is 0 Å². The van der Waals surface area contributed by atoms with Gasteiger partial charge in [-0.1, -0.05) is 35.9 Å². The van der Waals surface area contributed by atoms with Crippen molar-refractivity contribution >= 4 is 23.1 Å². The van der Waals surface area contributed by atoms with E-state index in [1.54, 1.807) is 0 Å². The van der Waals surface area contributed by atoms with Crippen LogP contribution in [0.2, 0.25) is 0 Å². The molecule has 5 heteroatoms. The number of aromatic nitrogens is 2. The van der Waals surface area contributed by atoms with Gasteiger partial charge in [-0.05, 0) is 43.3 Å². The molecule has 128 valence electrons. The van der Waals surface area contributed by atoms with Crippen molar-refractivity contribution in [2.24, 2.45) is 0 Å². The summed E-state index contributed by atoms with van der Waals surface area (Å²) in [6.45, 7) is 2.01. The summed E-state index contributed by atoms with van der Waals surface area (Å²) in [7, 11) is 0. The molecule has 0 radical (unpaired) electrons. The Bertz CT molecular complexity index is 1030. The van der Waals surface area contributed by atoms with Crippen molar-refractivity contribution in [2.75, 3.05) is 10.6 Å². The van der Waals surface area contributed by atoms with Crippen LogP contribution in [0.15, 0.2) is 79.1 Å². The van der Waals surface area contributed by atoms with Gasteiger partial charge in [-0.25, -0.2) is 9.78 Å². The number of nitrogens with one attached hydrogen (secondary N) is 2. The second-order valence-corrected chi connectivity index (χ2v) is 6.12. The van der Waals surface area contributed by atoms with E-state index in [1.165, 1.54) is 0 Å². The standard InChI is InChI=1S/C21H18N4O/c1-15-8-10-17(11-9-15)22-21(26)23-18-6-4-5-16(13-18)19-14-25-12-3-2-7-20(25)24-19/h2-14H,1H3,(H2,22,23,26). The Labute approximate surface area is 151 Å². The van der Waals surface area contributed by atoms with Crippen LogP contribution in [0.3, 0.4) is 0 Å². The van der Waals surface area contributed by atoms with Crippen LogP contribution in [0.5, 0.6) is 0 Å². The molecule has 26 heavy (non-hydrogen) atoms. The lowest BCUT2D eigenvalue weighted by Crippen LogP contribution is -2.19. The van der Waals surface area contributed by atoms with Gasteiger partial charge in [0, 0.05) is 29.3 Å². The summed E-state index contributed by atoms with van der Waals surface area (Å²) in [5.74, 6) is 0. The second kappa shape index (κ2) is 6.72. The first-order valence-corrected chi connectivity index (χ1v) is 8.36. The number of hydrogen-bond donors (Lipinski definition) is 2. The monoisotopic (exact) mass is 342 g/mol. The first-order chi connectivity index (χ1) is 12.7. The minimum atomic E-state index is -0.277. The maximum atomic E-state index is 12.2. The maximum absolute atomic E-state index is 12.2. The van der Waals surface area contributed by atoms with Gasteiger partial charge in [-0.15, -0.1) is 0 Å². The van der Waals surface area contributed by atoms with Gasteiger partial charge in [-0.2, -0.15) is 0 Å². The van der Waals surface area contributed by atoms with Crippen LogP contribution in [0.4, 0.5) is 16.2 Å². The summed E-state index contributed by atoms with van der Waals surface area (Å²) in [6.07, 6.45) is 3.93. The summed E-state index contributed by atoms with van der Waals surface area (Å²) in [5, 5.41) is 5.69. The zero-order valence-electron chi connectivity index (χ0n) is 14.3. The highest BCUT2D eigenvalue weighted by Gasteiger charge is 2.07. The van der Waals surface area contributed by atoms with Crippen LogP contribution < -0.4 is 10.6 Å². The van der Waals surface area contributed by atoms with Crippen molar-refractivity contribution in [1.82, 2.24) is 9.38 Å². The molecule has 2 N–H and O–H groups in total. The van der Waals surface area contributed by atoms with Gasteiger partial charge < -0.3 is 15.0 Å². The molecule has 2 aromatic carbocycles. The van der Waals surface area contributed by atoms with E-state index < -0.39 is 0 Å². The maximum Gasteiger partial charge on any atom is 0.323 e. The van der Waals surface area contributed by atoms with E-state index in [-0.39, 0.29) is 6.03 Å². The Morgan fingerprint density at radius 1 is 0.923 bits per heavy atom. The predicted molar refractivity (Wildman–Crippen MR) is 104 cm³/mol. The van der Waals surface area contributed by atoms with Crippen molar-refractivity contribution in [3.63, 3.8) is 0 Å². The number of rotatable bonds is 3. The highest BCUT2D eigenvalue weighted by Crippen LogP contribution is 2.22. The van der Waals surface area contributed by atoms with Crippen LogP contribution in [0, 0.1) is 6.92 Å². The Morgan fingerprint density at radius 3 is 2.54 bits per heavy atom. The molecule has 0 bridgehead atoms. The number of anilines is 2. The van der Waals surface area contributed by atoms with E-state index >= 15 is 0 Å². The van der Waals surface area contributed by atoms with Crippen LogP contribution in [-0.4, -0.2) is 15.4 Å². The fraction of sp³-hybridized carbons (Fsp3) is 0.0476. The molecule has 0 saturated heterocycles. The summed E-state index contributed by atoms with van der Waals surface area (Å²) in [4.78, 5) is 16.8. The van der Waals surface area contributed by atoms with Crippen molar-refractivity contribution in [1.29, 1.82) is 0 Å². The van der Waals surface area contributed by atoms with E-state index in [2.05, 4.69) is 15.6 Å². The molecule has 0 spiro atoms. The average Bonchev–Trinajstić information content (AvgIpc) is 3.08. The van der Waals surface area contributed by atoms with E-state index in [0.29, 0.717) is 5.69 Å². The molecule has 2 amide bonds. The molecule has 4 aromatic rings. The van der Waals surface area contributed by atoms with Crippen molar-refractivity contribution < 1.29 is 4.79 Å². The lowest BCUT2D eigenvalue weighted by Gasteiger charge is -2.08. The van der Waals surface area contributed by atoms with Crippen LogP contribution in [0.1, 0.15) is 5.56 Å². The van der Waals surface area contributed by atoms with E-state index in [9.17, 15) is 4.79 Å². The summed E-state index contributed by atoms with van der Waals surface area (Å²) in [6, 6.07) is 20.9. The summed E-state index contributed by atoms with van der Waals surface area (Å²) >= 11 is 0. The topological polar surface area (TPSA) is 58.4 Å². The molecule has 0 fully saturated rings. The normalized spacial score (nSPS) is 10.7. The predicted octanol–water partition coefficient (Wildman–Crippen LogP) is 4.95. The number of amides is 2. The van der Waals surface area contributed by atoms with Crippen LogP contribution >= 0.6 is 0 Å². The fourth-order valence-electron chi connectivity index (χ4n) is 2.76.